The molecule has 1 aliphatic carbocycles. The summed E-state index contributed by atoms with van der Waals surface area (Å²) in [5.74, 6) is 0.150. The van der Waals surface area contributed by atoms with E-state index in [2.05, 4.69) is 5.32 Å². The molecule has 0 bridgehead atoms. The molecule has 1 fully saturated rings. The third-order valence-corrected chi connectivity index (χ3v) is 4.21. The van der Waals surface area contributed by atoms with Crippen molar-refractivity contribution >= 4 is 23.3 Å². The molecule has 3 rings (SSSR count). The summed E-state index contributed by atoms with van der Waals surface area (Å²) in [6, 6.07) is 16.5. The second kappa shape index (κ2) is 6.32. The molecular formula is C18H16ClNO2. The first kappa shape index (κ1) is 14.8. The number of hydrogen-bond donors (Lipinski definition) is 1. The molecule has 1 saturated carbocycles. The van der Waals surface area contributed by atoms with E-state index in [0.717, 1.165) is 12.0 Å². The van der Waals surface area contributed by atoms with E-state index in [9.17, 15) is 9.59 Å². The van der Waals surface area contributed by atoms with Crippen LogP contribution in [0, 0.1) is 5.92 Å². The van der Waals surface area contributed by atoms with Gasteiger partial charge in [-0.2, -0.15) is 0 Å². The molecule has 0 radical (unpaired) electrons. The molecule has 1 N–H and O–H groups in total. The van der Waals surface area contributed by atoms with Crippen molar-refractivity contribution in [2.75, 3.05) is 6.54 Å². The van der Waals surface area contributed by atoms with Crippen molar-refractivity contribution in [1.82, 2.24) is 5.32 Å². The van der Waals surface area contributed by atoms with Crippen LogP contribution in [0.2, 0.25) is 5.02 Å². The van der Waals surface area contributed by atoms with E-state index in [1.165, 1.54) is 0 Å². The lowest BCUT2D eigenvalue weighted by Crippen LogP contribution is -2.30. The van der Waals surface area contributed by atoms with Gasteiger partial charge in [0.15, 0.2) is 5.78 Å². The van der Waals surface area contributed by atoms with Crippen LogP contribution in [0.5, 0.6) is 0 Å². The Bertz CT molecular complexity index is 682. The van der Waals surface area contributed by atoms with E-state index in [0.29, 0.717) is 10.6 Å². The first-order chi connectivity index (χ1) is 10.6. The molecule has 22 heavy (non-hydrogen) atoms. The van der Waals surface area contributed by atoms with Gasteiger partial charge in [-0.25, -0.2) is 0 Å². The van der Waals surface area contributed by atoms with Gasteiger partial charge < -0.3 is 5.32 Å². The van der Waals surface area contributed by atoms with Crippen molar-refractivity contribution < 1.29 is 9.59 Å². The molecule has 0 aromatic heterocycles. The van der Waals surface area contributed by atoms with Gasteiger partial charge in [0.25, 0.3) is 5.91 Å². The highest BCUT2D eigenvalue weighted by molar-refractivity contribution is 6.30. The normalized spacial score (nSPS) is 19.5. The van der Waals surface area contributed by atoms with Crippen LogP contribution in [0.1, 0.15) is 28.3 Å². The van der Waals surface area contributed by atoms with Gasteiger partial charge in [0.05, 0.1) is 6.54 Å². The molecule has 2 aromatic carbocycles. The quantitative estimate of drug-likeness (QED) is 0.919. The summed E-state index contributed by atoms with van der Waals surface area (Å²) in [5.41, 5.74) is 1.71. The number of ketones is 1. The van der Waals surface area contributed by atoms with Crippen molar-refractivity contribution in [3.8, 4) is 0 Å². The Morgan fingerprint density at radius 2 is 1.73 bits per heavy atom. The Labute approximate surface area is 134 Å². The molecule has 0 spiro atoms. The van der Waals surface area contributed by atoms with Crippen molar-refractivity contribution in [3.05, 3.63) is 70.7 Å². The first-order valence-electron chi connectivity index (χ1n) is 7.26. The second-order valence-electron chi connectivity index (χ2n) is 5.52. The fraction of sp³-hybridized carbons (Fsp3) is 0.222. The topological polar surface area (TPSA) is 46.2 Å². The van der Waals surface area contributed by atoms with Crippen LogP contribution in [-0.2, 0) is 4.79 Å². The van der Waals surface area contributed by atoms with Crippen molar-refractivity contribution in [3.63, 3.8) is 0 Å². The minimum Gasteiger partial charge on any atom is -0.345 e. The van der Waals surface area contributed by atoms with Gasteiger partial charge in [0, 0.05) is 16.5 Å². The highest BCUT2D eigenvalue weighted by Gasteiger charge is 2.43. The summed E-state index contributed by atoms with van der Waals surface area (Å²) < 4.78 is 0. The summed E-state index contributed by atoms with van der Waals surface area (Å²) >= 11 is 5.86. The number of amides is 1. The summed E-state index contributed by atoms with van der Waals surface area (Å²) in [6.07, 6.45) is 0.849. The van der Waals surface area contributed by atoms with Crippen LogP contribution in [0.4, 0.5) is 0 Å². The number of Topliss-reactive ketones (excluding diaryl/α,β-unsaturated/α-hetero) is 1. The number of carbonyl (C=O) groups is 2. The van der Waals surface area contributed by atoms with Crippen LogP contribution < -0.4 is 5.32 Å². The molecule has 1 amide bonds. The Hall–Kier alpha value is -2.13. The second-order valence-corrected chi connectivity index (χ2v) is 5.95. The lowest BCUT2D eigenvalue weighted by molar-refractivity contribution is -0.119. The van der Waals surface area contributed by atoms with Gasteiger partial charge >= 0.3 is 0 Å². The fourth-order valence-electron chi connectivity index (χ4n) is 2.62. The van der Waals surface area contributed by atoms with E-state index in [4.69, 9.17) is 11.6 Å². The lowest BCUT2D eigenvalue weighted by Gasteiger charge is -2.05. The Morgan fingerprint density at radius 1 is 1.05 bits per heavy atom. The Morgan fingerprint density at radius 3 is 2.41 bits per heavy atom. The van der Waals surface area contributed by atoms with Crippen LogP contribution >= 0.6 is 11.6 Å². The molecule has 1 aliphatic rings. The summed E-state index contributed by atoms with van der Waals surface area (Å²) in [6.45, 7) is 0.0858. The molecule has 112 valence electrons. The van der Waals surface area contributed by atoms with Gasteiger partial charge in [0.1, 0.15) is 0 Å². The highest BCUT2D eigenvalue weighted by atomic mass is 35.5. The zero-order chi connectivity index (χ0) is 15.5. The molecular weight excluding hydrogens is 298 g/mol. The molecule has 3 nitrogen and oxygen atoms in total. The standard InChI is InChI=1S/C18H16ClNO2/c19-14-8-6-12(7-9-14)15-10-16(15)17(21)11-20-18(22)13-4-2-1-3-5-13/h1-9,15-16H,10-11H2,(H,20,22). The zero-order valence-electron chi connectivity index (χ0n) is 12.0. The predicted octanol–water partition coefficient (Wildman–Crippen LogP) is 3.44. The van der Waals surface area contributed by atoms with Crippen molar-refractivity contribution in [2.45, 2.75) is 12.3 Å². The van der Waals surface area contributed by atoms with E-state index >= 15 is 0 Å². The van der Waals surface area contributed by atoms with Gasteiger partial charge in [-0.3, -0.25) is 9.59 Å². The average Bonchev–Trinajstić information content (AvgIpc) is 3.34. The molecule has 0 aliphatic heterocycles. The number of rotatable bonds is 5. The van der Waals surface area contributed by atoms with Crippen LogP contribution in [0.25, 0.3) is 0 Å². The average molecular weight is 314 g/mol. The van der Waals surface area contributed by atoms with Gasteiger partial charge in [-0.1, -0.05) is 41.9 Å². The third kappa shape index (κ3) is 3.37. The SMILES string of the molecule is O=C(NCC(=O)C1CC1c1ccc(Cl)cc1)c1ccccc1. The molecule has 2 atom stereocenters. The monoisotopic (exact) mass is 313 g/mol. The van der Waals surface area contributed by atoms with Crippen LogP contribution in [0.15, 0.2) is 54.6 Å². The smallest absolute Gasteiger partial charge is 0.251 e. The fourth-order valence-corrected chi connectivity index (χ4v) is 2.75. The maximum Gasteiger partial charge on any atom is 0.251 e. The van der Waals surface area contributed by atoms with E-state index in [1.807, 2.05) is 30.3 Å². The summed E-state index contributed by atoms with van der Waals surface area (Å²) in [4.78, 5) is 24.1. The van der Waals surface area contributed by atoms with Crippen LogP contribution in [0.3, 0.4) is 0 Å². The van der Waals surface area contributed by atoms with Crippen molar-refractivity contribution in [2.24, 2.45) is 5.92 Å². The minimum absolute atomic E-state index is 0.0113. The molecule has 0 saturated heterocycles. The van der Waals surface area contributed by atoms with Crippen molar-refractivity contribution in [1.29, 1.82) is 0 Å². The molecule has 0 heterocycles. The maximum absolute atomic E-state index is 12.2. The maximum atomic E-state index is 12.2. The zero-order valence-corrected chi connectivity index (χ0v) is 12.7. The Kier molecular flexibility index (Phi) is 4.25. The number of carbonyl (C=O) groups excluding carboxylic acids is 2. The van der Waals surface area contributed by atoms with Crippen LogP contribution in [-0.4, -0.2) is 18.2 Å². The third-order valence-electron chi connectivity index (χ3n) is 3.96. The van der Waals surface area contributed by atoms with E-state index < -0.39 is 0 Å². The highest BCUT2D eigenvalue weighted by Crippen LogP contribution is 2.47. The van der Waals surface area contributed by atoms with E-state index in [-0.39, 0.29) is 30.1 Å². The lowest BCUT2D eigenvalue weighted by atomic mass is 10.1. The number of nitrogens with one attached hydrogen (secondary N) is 1. The number of benzene rings is 2. The van der Waals surface area contributed by atoms with Gasteiger partial charge in [-0.15, -0.1) is 0 Å². The predicted molar refractivity (Wildman–Crippen MR) is 86.1 cm³/mol. The van der Waals surface area contributed by atoms with Gasteiger partial charge in [-0.05, 0) is 42.2 Å². The first-order valence-corrected chi connectivity index (χ1v) is 7.64. The number of hydrogen-bond acceptors (Lipinski definition) is 2. The molecule has 2 aromatic rings. The summed E-state index contributed by atoms with van der Waals surface area (Å²) in [7, 11) is 0. The number of halogens is 1. The van der Waals surface area contributed by atoms with Gasteiger partial charge in [0.2, 0.25) is 0 Å². The molecule has 4 heteroatoms. The largest absolute Gasteiger partial charge is 0.345 e. The van der Waals surface area contributed by atoms with E-state index in [1.54, 1.807) is 24.3 Å². The minimum atomic E-state index is -0.211. The summed E-state index contributed by atoms with van der Waals surface area (Å²) in [5, 5.41) is 3.39. The molecule has 2 unspecified atom stereocenters. The Balaban J connectivity index is 1.52.